The number of rotatable bonds is 2. The summed E-state index contributed by atoms with van der Waals surface area (Å²) in [4.78, 5) is 38.1. The van der Waals surface area contributed by atoms with Gasteiger partial charge in [0, 0.05) is 43.6 Å². The number of amides is 2. The monoisotopic (exact) mass is 441 g/mol. The van der Waals surface area contributed by atoms with E-state index in [9.17, 15) is 9.59 Å². The molecule has 1 unspecified atom stereocenters. The van der Waals surface area contributed by atoms with Crippen molar-refractivity contribution < 1.29 is 9.59 Å². The minimum Gasteiger partial charge on any atom is -0.348 e. The molecular formula is C20H29Cl2N5O2. The standard InChI is InChI=1S/C20H27N5O2.2ClH/c26-18(12-1-2-12)25-6-3-15-17(23-11-22-15)20(25)4-7-24(8-5-20)19(27)16-13-9-21-10-14(13)16;;/h11-14,16,21H,1-10H2,(H,22,23);2*1H/t13-,14+,16?;;. The van der Waals surface area contributed by atoms with Crippen LogP contribution in [0, 0.1) is 23.7 Å². The highest BCUT2D eigenvalue weighted by Gasteiger charge is 2.59. The van der Waals surface area contributed by atoms with E-state index in [-0.39, 0.29) is 42.2 Å². The van der Waals surface area contributed by atoms with Crippen molar-refractivity contribution in [3.63, 3.8) is 0 Å². The van der Waals surface area contributed by atoms with Crippen LogP contribution < -0.4 is 5.32 Å². The van der Waals surface area contributed by atoms with Crippen LogP contribution in [0.3, 0.4) is 0 Å². The molecule has 5 aliphatic rings. The van der Waals surface area contributed by atoms with Gasteiger partial charge in [-0.05, 0) is 50.6 Å². The summed E-state index contributed by atoms with van der Waals surface area (Å²) in [7, 11) is 0. The van der Waals surface area contributed by atoms with Gasteiger partial charge in [0.1, 0.15) is 0 Å². The molecule has 9 heteroatoms. The second-order valence-corrected chi connectivity index (χ2v) is 9.11. The lowest BCUT2D eigenvalue weighted by atomic mass is 9.78. The number of likely N-dealkylation sites (tertiary alicyclic amines) is 1. The number of carbonyl (C=O) groups excluding carboxylic acids is 2. The maximum atomic E-state index is 13.0. The van der Waals surface area contributed by atoms with E-state index in [1.807, 2.05) is 0 Å². The fourth-order valence-electron chi connectivity index (χ4n) is 5.95. The van der Waals surface area contributed by atoms with Gasteiger partial charge in [0.2, 0.25) is 11.8 Å². The van der Waals surface area contributed by atoms with E-state index in [0.717, 1.165) is 70.5 Å². The molecule has 0 aromatic carbocycles. The zero-order chi connectivity index (χ0) is 18.2. The predicted octanol–water partition coefficient (Wildman–Crippen LogP) is 1.33. The lowest BCUT2D eigenvalue weighted by Crippen LogP contribution is -2.59. The summed E-state index contributed by atoms with van der Waals surface area (Å²) in [6, 6.07) is 0. The average Bonchev–Trinajstić information content (AvgIpc) is 3.55. The Bertz CT molecular complexity index is 793. The molecule has 2 aliphatic carbocycles. The molecule has 2 N–H and O–H groups in total. The summed E-state index contributed by atoms with van der Waals surface area (Å²) in [5, 5.41) is 3.37. The van der Waals surface area contributed by atoms with Crippen LogP contribution in [-0.4, -0.2) is 64.3 Å². The number of carbonyl (C=O) groups is 2. The van der Waals surface area contributed by atoms with Crippen molar-refractivity contribution in [1.29, 1.82) is 0 Å². The number of H-pyrrole nitrogens is 1. The van der Waals surface area contributed by atoms with Crippen LogP contribution in [0.25, 0.3) is 0 Å². The van der Waals surface area contributed by atoms with Crippen molar-refractivity contribution in [2.45, 2.75) is 37.6 Å². The minimum atomic E-state index is -0.314. The Morgan fingerprint density at radius 3 is 2.38 bits per heavy atom. The summed E-state index contributed by atoms with van der Waals surface area (Å²) in [6.45, 7) is 4.25. The van der Waals surface area contributed by atoms with Gasteiger partial charge < -0.3 is 20.1 Å². The van der Waals surface area contributed by atoms with Gasteiger partial charge in [-0.3, -0.25) is 9.59 Å². The fourth-order valence-corrected chi connectivity index (χ4v) is 5.95. The van der Waals surface area contributed by atoms with Gasteiger partial charge in [-0.15, -0.1) is 24.8 Å². The quantitative estimate of drug-likeness (QED) is 0.725. The van der Waals surface area contributed by atoms with Gasteiger partial charge in [0.25, 0.3) is 0 Å². The first kappa shape index (κ1) is 20.9. The summed E-state index contributed by atoms with van der Waals surface area (Å²) in [5.41, 5.74) is 1.92. The minimum absolute atomic E-state index is 0. The first-order chi connectivity index (χ1) is 13.2. The Kier molecular flexibility index (Phi) is 5.37. The molecule has 4 heterocycles. The van der Waals surface area contributed by atoms with E-state index in [1.54, 1.807) is 6.33 Å². The van der Waals surface area contributed by atoms with E-state index in [2.05, 4.69) is 25.1 Å². The summed E-state index contributed by atoms with van der Waals surface area (Å²) in [6.07, 6.45) is 6.32. The normalized spacial score (nSPS) is 31.4. The number of hydrogen-bond acceptors (Lipinski definition) is 4. The predicted molar refractivity (Wildman–Crippen MR) is 112 cm³/mol. The smallest absolute Gasteiger partial charge is 0.226 e. The van der Waals surface area contributed by atoms with Crippen molar-refractivity contribution >= 4 is 36.6 Å². The molecule has 1 aromatic rings. The zero-order valence-corrected chi connectivity index (χ0v) is 18.1. The van der Waals surface area contributed by atoms with Crippen LogP contribution in [0.5, 0.6) is 0 Å². The van der Waals surface area contributed by atoms with Crippen molar-refractivity contribution in [3.05, 3.63) is 17.7 Å². The van der Waals surface area contributed by atoms with Gasteiger partial charge in [0.05, 0.1) is 17.6 Å². The van der Waals surface area contributed by atoms with Crippen molar-refractivity contribution in [2.75, 3.05) is 32.7 Å². The molecule has 7 nitrogen and oxygen atoms in total. The fraction of sp³-hybridized carbons (Fsp3) is 0.750. The molecule has 3 aliphatic heterocycles. The number of nitrogens with zero attached hydrogens (tertiary/aromatic N) is 3. The molecule has 0 radical (unpaired) electrons. The number of imidazole rings is 1. The first-order valence-corrected chi connectivity index (χ1v) is 10.5. The Balaban J connectivity index is 0.00000102. The third kappa shape index (κ3) is 3.08. The van der Waals surface area contributed by atoms with Crippen molar-refractivity contribution in [1.82, 2.24) is 25.1 Å². The molecule has 29 heavy (non-hydrogen) atoms. The molecule has 2 amide bonds. The van der Waals surface area contributed by atoms with Gasteiger partial charge in [-0.25, -0.2) is 4.98 Å². The third-order valence-electron chi connectivity index (χ3n) is 7.73. The molecule has 2 saturated carbocycles. The number of hydrogen-bond donors (Lipinski definition) is 2. The summed E-state index contributed by atoms with van der Waals surface area (Å²) >= 11 is 0. The molecule has 1 aromatic heterocycles. The van der Waals surface area contributed by atoms with Crippen LogP contribution in [-0.2, 0) is 21.5 Å². The Morgan fingerprint density at radius 1 is 1.03 bits per heavy atom. The van der Waals surface area contributed by atoms with Gasteiger partial charge in [-0.2, -0.15) is 0 Å². The van der Waals surface area contributed by atoms with Crippen LogP contribution in [0.15, 0.2) is 6.33 Å². The zero-order valence-electron chi connectivity index (χ0n) is 16.4. The Hall–Kier alpha value is -1.31. The van der Waals surface area contributed by atoms with Crippen LogP contribution in [0.2, 0.25) is 0 Å². The largest absolute Gasteiger partial charge is 0.348 e. The number of halogens is 2. The number of nitrogens with one attached hydrogen (secondary N) is 2. The van der Waals surface area contributed by atoms with E-state index in [4.69, 9.17) is 0 Å². The summed E-state index contributed by atoms with van der Waals surface area (Å²) in [5.74, 6) is 2.26. The van der Waals surface area contributed by atoms with Gasteiger partial charge in [0.15, 0.2) is 0 Å². The average molecular weight is 442 g/mol. The number of piperidine rings is 2. The summed E-state index contributed by atoms with van der Waals surface area (Å²) < 4.78 is 0. The molecule has 4 fully saturated rings. The highest BCUT2D eigenvalue weighted by Crippen LogP contribution is 2.51. The molecule has 2 saturated heterocycles. The molecule has 3 atom stereocenters. The lowest BCUT2D eigenvalue weighted by molar-refractivity contribution is -0.146. The maximum Gasteiger partial charge on any atom is 0.226 e. The topological polar surface area (TPSA) is 81.3 Å². The van der Waals surface area contributed by atoms with Crippen LogP contribution in [0.4, 0.5) is 0 Å². The molecular weight excluding hydrogens is 413 g/mol. The van der Waals surface area contributed by atoms with Crippen molar-refractivity contribution in [3.8, 4) is 0 Å². The Morgan fingerprint density at radius 2 is 1.72 bits per heavy atom. The number of fused-ring (bicyclic) bond motifs is 3. The highest BCUT2D eigenvalue weighted by atomic mass is 35.5. The first-order valence-electron chi connectivity index (χ1n) is 10.5. The van der Waals surface area contributed by atoms with E-state index in [1.165, 1.54) is 5.69 Å². The van der Waals surface area contributed by atoms with Gasteiger partial charge >= 0.3 is 0 Å². The van der Waals surface area contributed by atoms with Crippen LogP contribution >= 0.6 is 24.8 Å². The van der Waals surface area contributed by atoms with E-state index < -0.39 is 0 Å². The highest BCUT2D eigenvalue weighted by molar-refractivity contribution is 5.86. The third-order valence-corrected chi connectivity index (χ3v) is 7.73. The second kappa shape index (κ2) is 7.43. The van der Waals surface area contributed by atoms with E-state index in [0.29, 0.717) is 23.7 Å². The Labute approximate surface area is 183 Å². The maximum absolute atomic E-state index is 13.0. The lowest BCUT2D eigenvalue weighted by Gasteiger charge is -2.50. The molecule has 0 bridgehead atoms. The number of aromatic amines is 1. The molecule has 1 spiro atoms. The van der Waals surface area contributed by atoms with Crippen molar-refractivity contribution in [2.24, 2.45) is 23.7 Å². The SMILES string of the molecule is Cl.Cl.O=C(C1[C@H]2CNC[C@@H]12)N1CCC2(CC1)c1nc[nH]c1CCN2C(=O)C1CC1. The second-order valence-electron chi connectivity index (χ2n) is 9.11. The van der Waals surface area contributed by atoms with Gasteiger partial charge in [-0.1, -0.05) is 0 Å². The van der Waals surface area contributed by atoms with Crippen LogP contribution in [0.1, 0.15) is 37.1 Å². The van der Waals surface area contributed by atoms with E-state index >= 15 is 0 Å². The number of aromatic nitrogens is 2. The molecule has 160 valence electrons. The molecule has 6 rings (SSSR count).